The first-order valence-corrected chi connectivity index (χ1v) is 10.4. The van der Waals surface area contributed by atoms with E-state index in [-0.39, 0.29) is 6.09 Å². The molecule has 2 aliphatic rings. The first-order valence-electron chi connectivity index (χ1n) is 10.4. The summed E-state index contributed by atoms with van der Waals surface area (Å²) in [5.41, 5.74) is 0.680. The van der Waals surface area contributed by atoms with Gasteiger partial charge in [0.25, 0.3) is 0 Å². The van der Waals surface area contributed by atoms with Gasteiger partial charge in [-0.05, 0) is 44.5 Å². The molecule has 0 aliphatic carbocycles. The Morgan fingerprint density at radius 3 is 2.73 bits per heavy atom. The van der Waals surface area contributed by atoms with Crippen molar-refractivity contribution in [1.29, 1.82) is 0 Å². The fourth-order valence-corrected chi connectivity index (χ4v) is 4.02. The van der Waals surface area contributed by atoms with Crippen LogP contribution in [-0.2, 0) is 11.3 Å². The van der Waals surface area contributed by atoms with Gasteiger partial charge in [0.05, 0.1) is 12.6 Å². The van der Waals surface area contributed by atoms with Crippen LogP contribution in [0.15, 0.2) is 48.5 Å². The predicted octanol–water partition coefficient (Wildman–Crippen LogP) is 4.46. The molecule has 1 N–H and O–H groups in total. The Bertz CT molecular complexity index is 908. The number of aliphatic hydroxyl groups is 1. The van der Waals surface area contributed by atoms with Crippen molar-refractivity contribution in [3.05, 3.63) is 59.7 Å². The smallest absolute Gasteiger partial charge is 0.410 e. The van der Waals surface area contributed by atoms with Gasteiger partial charge in [-0.25, -0.2) is 4.79 Å². The highest BCUT2D eigenvalue weighted by molar-refractivity contribution is 5.68. The van der Waals surface area contributed by atoms with Crippen molar-refractivity contribution in [2.45, 2.75) is 57.5 Å². The van der Waals surface area contributed by atoms with E-state index in [4.69, 9.17) is 14.2 Å². The van der Waals surface area contributed by atoms with Crippen LogP contribution < -0.4 is 9.47 Å². The highest BCUT2D eigenvalue weighted by Crippen LogP contribution is 2.45. The standard InChI is InChI=1S/C24H29NO5/c1-23(2,3)30-22(27)25-12-11-24(16-25)14-20(26)19-13-18(9-10-21(19)29-24)28-15-17-7-5-4-6-8-17/h4-10,13,20,26H,11-12,14-16H2,1-3H3/t20-,24+/m0/s1. The number of hydrogen-bond donors (Lipinski definition) is 1. The number of benzene rings is 2. The number of ether oxygens (including phenoxy) is 3. The number of hydrogen-bond acceptors (Lipinski definition) is 5. The van der Waals surface area contributed by atoms with E-state index < -0.39 is 17.3 Å². The third-order valence-corrected chi connectivity index (χ3v) is 5.45. The molecule has 2 aromatic rings. The van der Waals surface area contributed by atoms with Gasteiger partial charge in [0.15, 0.2) is 0 Å². The summed E-state index contributed by atoms with van der Waals surface area (Å²) in [6.07, 6.45) is 0.0803. The highest BCUT2D eigenvalue weighted by atomic mass is 16.6. The topological polar surface area (TPSA) is 68.2 Å². The van der Waals surface area contributed by atoms with Gasteiger partial charge in [-0.2, -0.15) is 0 Å². The van der Waals surface area contributed by atoms with Crippen molar-refractivity contribution >= 4 is 6.09 Å². The molecule has 6 heteroatoms. The van der Waals surface area contributed by atoms with E-state index in [0.29, 0.717) is 44.0 Å². The number of fused-ring (bicyclic) bond motifs is 1. The summed E-state index contributed by atoms with van der Waals surface area (Å²) in [5, 5.41) is 10.8. The average Bonchev–Trinajstić information content (AvgIpc) is 3.09. The minimum absolute atomic E-state index is 0.340. The molecule has 2 heterocycles. The SMILES string of the molecule is CC(C)(C)OC(=O)N1CC[C@@]2(C[C@H](O)c3cc(OCc4ccccc4)ccc3O2)C1. The summed E-state index contributed by atoms with van der Waals surface area (Å²) in [4.78, 5) is 14.1. The molecule has 6 nitrogen and oxygen atoms in total. The molecule has 1 spiro atoms. The maximum Gasteiger partial charge on any atom is 0.410 e. The molecule has 1 amide bonds. The van der Waals surface area contributed by atoms with Crippen molar-refractivity contribution in [2.24, 2.45) is 0 Å². The van der Waals surface area contributed by atoms with Gasteiger partial charge < -0.3 is 24.2 Å². The summed E-state index contributed by atoms with van der Waals surface area (Å²) < 4.78 is 17.7. The first-order chi connectivity index (χ1) is 14.2. The molecule has 2 atom stereocenters. The number of aliphatic hydroxyl groups excluding tert-OH is 1. The molecule has 0 aromatic heterocycles. The molecule has 0 bridgehead atoms. The van der Waals surface area contributed by atoms with Crippen LogP contribution in [0.1, 0.15) is 50.8 Å². The van der Waals surface area contributed by atoms with E-state index in [9.17, 15) is 9.90 Å². The van der Waals surface area contributed by atoms with E-state index in [0.717, 1.165) is 11.1 Å². The predicted molar refractivity (Wildman–Crippen MR) is 113 cm³/mol. The van der Waals surface area contributed by atoms with Crippen molar-refractivity contribution in [1.82, 2.24) is 4.90 Å². The molecule has 2 aliphatic heterocycles. The van der Waals surface area contributed by atoms with Gasteiger partial charge >= 0.3 is 6.09 Å². The lowest BCUT2D eigenvalue weighted by Crippen LogP contribution is -2.45. The fourth-order valence-electron chi connectivity index (χ4n) is 4.02. The van der Waals surface area contributed by atoms with E-state index in [1.807, 2.05) is 69.3 Å². The van der Waals surface area contributed by atoms with Crippen molar-refractivity contribution in [2.75, 3.05) is 13.1 Å². The van der Waals surface area contributed by atoms with E-state index in [1.54, 1.807) is 4.90 Å². The summed E-state index contributed by atoms with van der Waals surface area (Å²) >= 11 is 0. The van der Waals surface area contributed by atoms with E-state index in [1.165, 1.54) is 0 Å². The average molecular weight is 411 g/mol. The van der Waals surface area contributed by atoms with Crippen LogP contribution in [0.3, 0.4) is 0 Å². The summed E-state index contributed by atoms with van der Waals surface area (Å²) in [7, 11) is 0. The minimum Gasteiger partial charge on any atom is -0.489 e. The molecule has 0 radical (unpaired) electrons. The largest absolute Gasteiger partial charge is 0.489 e. The lowest BCUT2D eigenvalue weighted by molar-refractivity contribution is -0.0132. The van der Waals surface area contributed by atoms with Crippen LogP contribution in [0.5, 0.6) is 11.5 Å². The van der Waals surface area contributed by atoms with Crippen molar-refractivity contribution < 1.29 is 24.1 Å². The van der Waals surface area contributed by atoms with Crippen molar-refractivity contribution in [3.63, 3.8) is 0 Å². The zero-order valence-corrected chi connectivity index (χ0v) is 17.8. The normalized spacial score (nSPS) is 23.1. The van der Waals surface area contributed by atoms with E-state index in [2.05, 4.69) is 0 Å². The fraction of sp³-hybridized carbons (Fsp3) is 0.458. The van der Waals surface area contributed by atoms with Gasteiger partial charge in [0.2, 0.25) is 0 Å². The monoisotopic (exact) mass is 411 g/mol. The van der Waals surface area contributed by atoms with Crippen LogP contribution >= 0.6 is 0 Å². The number of amides is 1. The lowest BCUT2D eigenvalue weighted by Gasteiger charge is -2.38. The summed E-state index contributed by atoms with van der Waals surface area (Å²) in [6.45, 7) is 6.98. The molecule has 160 valence electrons. The Morgan fingerprint density at radius 1 is 1.23 bits per heavy atom. The van der Waals surface area contributed by atoms with Gasteiger partial charge in [-0.1, -0.05) is 30.3 Å². The second kappa shape index (κ2) is 7.84. The maximum atomic E-state index is 12.4. The Labute approximate surface area is 177 Å². The number of rotatable bonds is 3. The quantitative estimate of drug-likeness (QED) is 0.808. The van der Waals surface area contributed by atoms with Gasteiger partial charge in [-0.15, -0.1) is 0 Å². The second-order valence-corrected chi connectivity index (χ2v) is 9.13. The van der Waals surface area contributed by atoms with Crippen LogP contribution in [0, 0.1) is 0 Å². The minimum atomic E-state index is -0.674. The van der Waals surface area contributed by atoms with Crippen LogP contribution in [0.2, 0.25) is 0 Å². The van der Waals surface area contributed by atoms with Crippen LogP contribution in [0.25, 0.3) is 0 Å². The lowest BCUT2D eigenvalue weighted by atomic mass is 9.88. The molecule has 2 aromatic carbocycles. The Morgan fingerprint density at radius 2 is 2.00 bits per heavy atom. The van der Waals surface area contributed by atoms with E-state index >= 15 is 0 Å². The number of likely N-dealkylation sites (tertiary alicyclic amines) is 1. The molecular formula is C24H29NO5. The Balaban J connectivity index is 1.43. The number of carbonyl (C=O) groups is 1. The van der Waals surface area contributed by atoms with Crippen LogP contribution in [0.4, 0.5) is 4.79 Å². The number of nitrogens with zero attached hydrogens (tertiary/aromatic N) is 1. The summed E-state index contributed by atoms with van der Waals surface area (Å²) in [6, 6.07) is 15.5. The van der Waals surface area contributed by atoms with Gasteiger partial charge in [0, 0.05) is 24.9 Å². The highest BCUT2D eigenvalue weighted by Gasteiger charge is 2.47. The molecule has 4 rings (SSSR count). The molecule has 1 fully saturated rings. The summed E-state index contributed by atoms with van der Waals surface area (Å²) in [5.74, 6) is 1.34. The molecule has 0 unspecified atom stereocenters. The molecule has 0 saturated carbocycles. The molecular weight excluding hydrogens is 382 g/mol. The Kier molecular flexibility index (Phi) is 5.36. The Hall–Kier alpha value is -2.73. The maximum absolute atomic E-state index is 12.4. The molecule has 1 saturated heterocycles. The second-order valence-electron chi connectivity index (χ2n) is 9.13. The molecule has 30 heavy (non-hydrogen) atoms. The third-order valence-electron chi connectivity index (χ3n) is 5.45. The van der Waals surface area contributed by atoms with Gasteiger partial charge in [-0.3, -0.25) is 0 Å². The van der Waals surface area contributed by atoms with Crippen LogP contribution in [-0.4, -0.2) is 40.4 Å². The van der Waals surface area contributed by atoms with Gasteiger partial charge in [0.1, 0.15) is 29.3 Å². The van der Waals surface area contributed by atoms with Crippen molar-refractivity contribution in [3.8, 4) is 11.5 Å². The zero-order chi connectivity index (χ0) is 21.4. The first kappa shape index (κ1) is 20.5. The third kappa shape index (κ3) is 4.54. The number of carbonyl (C=O) groups excluding carboxylic acids is 1. The zero-order valence-electron chi connectivity index (χ0n) is 17.8.